The highest BCUT2D eigenvalue weighted by Gasteiger charge is 2.16. The number of amides is 2. The molecule has 0 bridgehead atoms. The molecule has 2 N–H and O–H groups in total. The minimum atomic E-state index is -1.72. The summed E-state index contributed by atoms with van der Waals surface area (Å²) in [5, 5.41) is 4.23. The van der Waals surface area contributed by atoms with Crippen LogP contribution in [-0.2, 0) is 4.79 Å². The Bertz CT molecular complexity index is 814. The number of carbonyl (C=O) groups is 2. The first-order chi connectivity index (χ1) is 11.3. The predicted octanol–water partition coefficient (Wildman–Crippen LogP) is 3.37. The molecule has 0 saturated carbocycles. The molecule has 0 aliphatic heterocycles. The van der Waals surface area contributed by atoms with Gasteiger partial charge in [0.1, 0.15) is 5.82 Å². The fraction of sp³-hybridized carbons (Fsp3) is 0.0667. The second-order valence-electron chi connectivity index (χ2n) is 4.58. The largest absolute Gasteiger partial charge is 0.343 e. The van der Waals surface area contributed by atoms with Crippen LogP contribution in [0, 0.1) is 23.3 Å². The van der Waals surface area contributed by atoms with Gasteiger partial charge in [-0.25, -0.2) is 17.6 Å². The zero-order chi connectivity index (χ0) is 17.9. The Morgan fingerprint density at radius 1 is 1.00 bits per heavy atom. The molecule has 0 heterocycles. The van der Waals surface area contributed by atoms with Gasteiger partial charge in [-0.2, -0.15) is 0 Å². The van der Waals surface area contributed by atoms with E-state index in [2.05, 4.69) is 21.2 Å². The molecule has 2 rings (SSSR count). The summed E-state index contributed by atoms with van der Waals surface area (Å²) in [6.45, 7) is -0.554. The summed E-state index contributed by atoms with van der Waals surface area (Å²) in [7, 11) is 0. The van der Waals surface area contributed by atoms with Crippen LogP contribution in [0.3, 0.4) is 0 Å². The van der Waals surface area contributed by atoms with Crippen LogP contribution in [0.4, 0.5) is 23.2 Å². The second-order valence-corrected chi connectivity index (χ2v) is 5.43. The number of halogens is 5. The van der Waals surface area contributed by atoms with E-state index in [0.29, 0.717) is 6.07 Å². The minimum absolute atomic E-state index is 0.0863. The molecule has 24 heavy (non-hydrogen) atoms. The van der Waals surface area contributed by atoms with Gasteiger partial charge in [-0.05, 0) is 46.3 Å². The topological polar surface area (TPSA) is 58.2 Å². The maximum atomic E-state index is 13.4. The van der Waals surface area contributed by atoms with Crippen LogP contribution in [0.5, 0.6) is 0 Å². The molecule has 0 aliphatic carbocycles. The Labute approximate surface area is 142 Å². The third kappa shape index (κ3) is 4.10. The molecule has 9 heteroatoms. The van der Waals surface area contributed by atoms with Gasteiger partial charge in [0.25, 0.3) is 5.91 Å². The van der Waals surface area contributed by atoms with Crippen molar-refractivity contribution in [2.75, 3.05) is 11.9 Å². The Kier molecular flexibility index (Phi) is 5.55. The summed E-state index contributed by atoms with van der Waals surface area (Å²) in [5.41, 5.74) is -0.473. The van der Waals surface area contributed by atoms with Crippen LogP contribution < -0.4 is 10.6 Å². The number of carbonyl (C=O) groups excluding carboxylic acids is 2. The SMILES string of the molecule is O=C(CNC(=O)c1ccc(F)cc1Br)Nc1ccc(F)c(F)c1F. The zero-order valence-corrected chi connectivity index (χ0v) is 13.4. The van der Waals surface area contributed by atoms with Crippen molar-refractivity contribution in [1.82, 2.24) is 5.32 Å². The van der Waals surface area contributed by atoms with Crippen molar-refractivity contribution < 1.29 is 27.2 Å². The summed E-state index contributed by atoms with van der Waals surface area (Å²) in [4.78, 5) is 23.5. The van der Waals surface area contributed by atoms with Crippen molar-refractivity contribution in [3.05, 3.63) is 63.6 Å². The van der Waals surface area contributed by atoms with E-state index in [1.54, 1.807) is 0 Å². The number of hydrogen-bond donors (Lipinski definition) is 2. The van der Waals surface area contributed by atoms with Gasteiger partial charge in [-0.1, -0.05) is 0 Å². The molecule has 0 radical (unpaired) electrons. The summed E-state index contributed by atoms with van der Waals surface area (Å²) >= 11 is 3.00. The zero-order valence-electron chi connectivity index (χ0n) is 11.8. The van der Waals surface area contributed by atoms with Gasteiger partial charge >= 0.3 is 0 Å². The molecule has 0 atom stereocenters. The summed E-state index contributed by atoms with van der Waals surface area (Å²) < 4.78 is 52.4. The van der Waals surface area contributed by atoms with Gasteiger partial charge in [0.05, 0.1) is 17.8 Å². The minimum Gasteiger partial charge on any atom is -0.343 e. The highest BCUT2D eigenvalue weighted by Crippen LogP contribution is 2.20. The summed E-state index contributed by atoms with van der Waals surface area (Å²) in [6.07, 6.45) is 0. The van der Waals surface area contributed by atoms with Crippen LogP contribution in [0.1, 0.15) is 10.4 Å². The van der Waals surface area contributed by atoms with Gasteiger partial charge < -0.3 is 10.6 Å². The van der Waals surface area contributed by atoms with Gasteiger partial charge in [0, 0.05) is 4.47 Å². The van der Waals surface area contributed by atoms with Crippen molar-refractivity contribution in [2.45, 2.75) is 0 Å². The van der Waals surface area contributed by atoms with E-state index in [4.69, 9.17) is 0 Å². The van der Waals surface area contributed by atoms with E-state index >= 15 is 0 Å². The van der Waals surface area contributed by atoms with Crippen LogP contribution in [0.2, 0.25) is 0 Å². The van der Waals surface area contributed by atoms with Crippen LogP contribution in [0.25, 0.3) is 0 Å². The standard InChI is InChI=1S/C15H9BrF4N2O2/c16-9-5-7(17)1-2-8(9)15(24)21-6-12(23)22-11-4-3-10(18)13(19)14(11)20/h1-5H,6H2,(H,21,24)(H,22,23). The van der Waals surface area contributed by atoms with Gasteiger partial charge in [0.15, 0.2) is 17.5 Å². The molecular weight excluding hydrogens is 396 g/mol. The molecule has 2 aromatic carbocycles. The molecule has 0 unspecified atom stereocenters. The lowest BCUT2D eigenvalue weighted by Crippen LogP contribution is -2.33. The van der Waals surface area contributed by atoms with Crippen molar-refractivity contribution in [1.29, 1.82) is 0 Å². The fourth-order valence-corrected chi connectivity index (χ4v) is 2.28. The summed E-state index contributed by atoms with van der Waals surface area (Å²) in [6, 6.07) is 4.86. The number of hydrogen-bond acceptors (Lipinski definition) is 2. The number of benzene rings is 2. The first-order valence-corrected chi connectivity index (χ1v) is 7.25. The molecule has 0 aliphatic rings. The average molecular weight is 405 g/mol. The Balaban J connectivity index is 1.98. The molecule has 0 saturated heterocycles. The lowest BCUT2D eigenvalue weighted by molar-refractivity contribution is -0.115. The lowest BCUT2D eigenvalue weighted by Gasteiger charge is -2.09. The van der Waals surface area contributed by atoms with Gasteiger partial charge in [0.2, 0.25) is 5.91 Å². The highest BCUT2D eigenvalue weighted by atomic mass is 79.9. The first-order valence-electron chi connectivity index (χ1n) is 6.46. The van der Waals surface area contributed by atoms with Crippen LogP contribution in [-0.4, -0.2) is 18.4 Å². The molecule has 4 nitrogen and oxygen atoms in total. The van der Waals surface area contributed by atoms with Gasteiger partial charge in [-0.3, -0.25) is 9.59 Å². The normalized spacial score (nSPS) is 10.4. The number of rotatable bonds is 4. The quantitative estimate of drug-likeness (QED) is 0.606. The van der Waals surface area contributed by atoms with E-state index in [-0.39, 0.29) is 10.0 Å². The molecule has 0 aromatic heterocycles. The third-order valence-corrected chi connectivity index (χ3v) is 3.55. The van der Waals surface area contributed by atoms with Crippen molar-refractivity contribution in [3.8, 4) is 0 Å². The third-order valence-electron chi connectivity index (χ3n) is 2.89. The first kappa shape index (κ1) is 17.9. The van der Waals surface area contributed by atoms with Crippen molar-refractivity contribution in [3.63, 3.8) is 0 Å². The van der Waals surface area contributed by atoms with E-state index in [1.807, 2.05) is 5.32 Å². The van der Waals surface area contributed by atoms with E-state index in [9.17, 15) is 27.2 Å². The molecular formula is C15H9BrF4N2O2. The molecule has 0 spiro atoms. The van der Waals surface area contributed by atoms with Crippen LogP contribution in [0.15, 0.2) is 34.8 Å². The van der Waals surface area contributed by atoms with Crippen LogP contribution >= 0.6 is 15.9 Å². The molecule has 126 valence electrons. The second kappa shape index (κ2) is 7.43. The maximum Gasteiger partial charge on any atom is 0.252 e. The highest BCUT2D eigenvalue weighted by molar-refractivity contribution is 9.10. The van der Waals surface area contributed by atoms with Crippen molar-refractivity contribution >= 4 is 33.4 Å². The van der Waals surface area contributed by atoms with E-state index in [0.717, 1.165) is 18.2 Å². The molecule has 2 aromatic rings. The Hall–Kier alpha value is -2.42. The maximum absolute atomic E-state index is 13.4. The van der Waals surface area contributed by atoms with Crippen molar-refractivity contribution in [2.24, 2.45) is 0 Å². The fourth-order valence-electron chi connectivity index (χ4n) is 1.75. The molecule has 2 amide bonds. The monoisotopic (exact) mass is 404 g/mol. The number of nitrogens with one attached hydrogen (secondary N) is 2. The van der Waals surface area contributed by atoms with Gasteiger partial charge in [-0.15, -0.1) is 0 Å². The van der Waals surface area contributed by atoms with E-state index in [1.165, 1.54) is 6.07 Å². The molecule has 0 fully saturated rings. The lowest BCUT2D eigenvalue weighted by atomic mass is 10.2. The predicted molar refractivity (Wildman–Crippen MR) is 81.4 cm³/mol. The summed E-state index contributed by atoms with van der Waals surface area (Å²) in [5.74, 6) is -6.73. The Morgan fingerprint density at radius 3 is 2.38 bits per heavy atom. The number of anilines is 1. The average Bonchev–Trinajstić information content (AvgIpc) is 2.53. The van der Waals surface area contributed by atoms with E-state index < -0.39 is 47.3 Å². The Morgan fingerprint density at radius 2 is 1.71 bits per heavy atom. The smallest absolute Gasteiger partial charge is 0.252 e.